The summed E-state index contributed by atoms with van der Waals surface area (Å²) in [5.41, 5.74) is 0.715. The third-order valence-corrected chi connectivity index (χ3v) is 6.63. The number of likely N-dealkylation sites (tertiary alicyclic amines) is 1. The largest absolute Gasteiger partial charge is 0.496 e. The molecular formula is C19H31N3O4S. The maximum absolute atomic E-state index is 12.3. The second kappa shape index (κ2) is 10.1. The molecule has 0 bridgehead atoms. The molecule has 1 amide bonds. The molecule has 152 valence electrons. The summed E-state index contributed by atoms with van der Waals surface area (Å²) in [6.07, 6.45) is 4.22. The van der Waals surface area contributed by atoms with Crippen LogP contribution >= 0.6 is 0 Å². The lowest BCUT2D eigenvalue weighted by molar-refractivity contribution is -0.121. The summed E-state index contributed by atoms with van der Waals surface area (Å²) in [7, 11) is 1.01. The number of benzene rings is 1. The zero-order valence-corrected chi connectivity index (χ0v) is 17.3. The van der Waals surface area contributed by atoms with Crippen molar-refractivity contribution in [3.8, 4) is 5.75 Å². The molecule has 1 saturated heterocycles. The summed E-state index contributed by atoms with van der Waals surface area (Å²) in [4.78, 5) is 14.7. The summed E-state index contributed by atoms with van der Waals surface area (Å²) < 4.78 is 31.1. The molecule has 1 N–H and O–H groups in total. The number of aryl methyl sites for hydroxylation is 1. The first-order valence-electron chi connectivity index (χ1n) is 9.43. The topological polar surface area (TPSA) is 79.0 Å². The number of nitrogens with zero attached hydrogens (tertiary/aromatic N) is 2. The van der Waals surface area contributed by atoms with Crippen LogP contribution in [-0.2, 0) is 21.2 Å². The minimum Gasteiger partial charge on any atom is -0.496 e. The quantitative estimate of drug-likeness (QED) is 0.605. The Kier molecular flexibility index (Phi) is 8.07. The van der Waals surface area contributed by atoms with Gasteiger partial charge in [-0.3, -0.25) is 4.79 Å². The van der Waals surface area contributed by atoms with Crippen molar-refractivity contribution in [1.29, 1.82) is 0 Å². The monoisotopic (exact) mass is 397 g/mol. The number of hydrogen-bond donors (Lipinski definition) is 1. The zero-order valence-electron chi connectivity index (χ0n) is 16.5. The number of nitrogens with one attached hydrogen (secondary N) is 1. The second-order valence-electron chi connectivity index (χ2n) is 7.01. The smallest absolute Gasteiger partial charge is 0.242 e. The maximum Gasteiger partial charge on any atom is 0.242 e. The Bertz CT molecular complexity index is 728. The highest BCUT2D eigenvalue weighted by molar-refractivity contribution is 7.89. The second-order valence-corrected chi connectivity index (χ2v) is 9.17. The van der Waals surface area contributed by atoms with Crippen LogP contribution in [0.1, 0.15) is 31.2 Å². The van der Waals surface area contributed by atoms with Crippen molar-refractivity contribution in [2.24, 2.45) is 0 Å². The lowest BCUT2D eigenvalue weighted by Gasteiger charge is -2.15. The van der Waals surface area contributed by atoms with E-state index in [-0.39, 0.29) is 10.8 Å². The van der Waals surface area contributed by atoms with Crippen molar-refractivity contribution in [1.82, 2.24) is 14.5 Å². The first-order valence-corrected chi connectivity index (χ1v) is 10.9. The summed E-state index contributed by atoms with van der Waals surface area (Å²) >= 11 is 0. The molecule has 0 spiro atoms. The van der Waals surface area contributed by atoms with Crippen LogP contribution in [-0.4, -0.2) is 70.9 Å². The van der Waals surface area contributed by atoms with Crippen molar-refractivity contribution < 1.29 is 17.9 Å². The summed E-state index contributed by atoms with van der Waals surface area (Å²) in [6, 6.07) is 4.75. The van der Waals surface area contributed by atoms with Crippen molar-refractivity contribution in [2.45, 2.75) is 37.0 Å². The van der Waals surface area contributed by atoms with Crippen LogP contribution < -0.4 is 10.1 Å². The molecule has 1 aliphatic heterocycles. The van der Waals surface area contributed by atoms with E-state index in [1.54, 1.807) is 12.1 Å². The van der Waals surface area contributed by atoms with Gasteiger partial charge in [-0.15, -0.1) is 0 Å². The Balaban J connectivity index is 1.86. The van der Waals surface area contributed by atoms with Crippen molar-refractivity contribution in [2.75, 3.05) is 47.4 Å². The number of amides is 1. The molecule has 0 aliphatic carbocycles. The highest BCUT2D eigenvalue weighted by Gasteiger charge is 2.19. The predicted molar refractivity (Wildman–Crippen MR) is 105 cm³/mol. The van der Waals surface area contributed by atoms with E-state index in [0.717, 1.165) is 13.0 Å². The minimum absolute atomic E-state index is 0.0284. The standard InChI is InChI=1S/C19H31N3O4S/c1-21(2)27(24,25)17-8-9-18(26-3)16(15-17)7-10-19(23)20-11-6-14-22-12-4-5-13-22/h8-9,15H,4-7,10-14H2,1-3H3,(H,20,23). The SMILES string of the molecule is COc1ccc(S(=O)(=O)N(C)C)cc1CCC(=O)NCCCN1CCCC1. The molecule has 8 heteroatoms. The van der Waals surface area contributed by atoms with Gasteiger partial charge in [0.2, 0.25) is 15.9 Å². The molecular weight excluding hydrogens is 366 g/mol. The van der Waals surface area contributed by atoms with E-state index in [2.05, 4.69) is 10.2 Å². The number of rotatable bonds is 10. The highest BCUT2D eigenvalue weighted by Crippen LogP contribution is 2.25. The van der Waals surface area contributed by atoms with Gasteiger partial charge in [0.05, 0.1) is 12.0 Å². The molecule has 0 unspecified atom stereocenters. The van der Waals surface area contributed by atoms with Crippen LogP contribution in [0, 0.1) is 0 Å². The lowest BCUT2D eigenvalue weighted by Crippen LogP contribution is -2.28. The molecule has 0 atom stereocenters. The average Bonchev–Trinajstić information content (AvgIpc) is 3.16. The van der Waals surface area contributed by atoms with Crippen LogP contribution in [0.15, 0.2) is 23.1 Å². The fourth-order valence-electron chi connectivity index (χ4n) is 3.19. The Morgan fingerprint density at radius 2 is 1.96 bits per heavy atom. The molecule has 1 fully saturated rings. The van der Waals surface area contributed by atoms with E-state index in [1.165, 1.54) is 57.5 Å². The predicted octanol–water partition coefficient (Wildman–Crippen LogP) is 1.48. The number of ether oxygens (including phenoxy) is 1. The van der Waals surface area contributed by atoms with Gasteiger partial charge in [0.15, 0.2) is 0 Å². The van der Waals surface area contributed by atoms with Crippen LogP contribution in [0.4, 0.5) is 0 Å². The van der Waals surface area contributed by atoms with Gasteiger partial charge in [0.1, 0.15) is 5.75 Å². The molecule has 2 rings (SSSR count). The zero-order chi connectivity index (χ0) is 19.9. The van der Waals surface area contributed by atoms with E-state index in [1.807, 2.05) is 0 Å². The van der Waals surface area contributed by atoms with Crippen LogP contribution in [0.5, 0.6) is 5.75 Å². The van der Waals surface area contributed by atoms with E-state index in [0.29, 0.717) is 30.7 Å². The first-order chi connectivity index (χ1) is 12.8. The third kappa shape index (κ3) is 6.19. The van der Waals surface area contributed by atoms with Gasteiger partial charge in [-0.1, -0.05) is 0 Å². The van der Waals surface area contributed by atoms with Gasteiger partial charge in [-0.25, -0.2) is 12.7 Å². The molecule has 7 nitrogen and oxygen atoms in total. The molecule has 27 heavy (non-hydrogen) atoms. The highest BCUT2D eigenvalue weighted by atomic mass is 32.2. The molecule has 0 radical (unpaired) electrons. The van der Waals surface area contributed by atoms with E-state index >= 15 is 0 Å². The fourth-order valence-corrected chi connectivity index (χ4v) is 4.15. The van der Waals surface area contributed by atoms with Crippen molar-refractivity contribution in [3.63, 3.8) is 0 Å². The minimum atomic E-state index is -3.52. The molecule has 0 saturated carbocycles. The maximum atomic E-state index is 12.3. The van der Waals surface area contributed by atoms with E-state index in [4.69, 9.17) is 4.74 Å². The number of carbonyl (C=O) groups excluding carboxylic acids is 1. The van der Waals surface area contributed by atoms with Gasteiger partial charge >= 0.3 is 0 Å². The molecule has 1 heterocycles. The van der Waals surface area contributed by atoms with Gasteiger partial charge in [0, 0.05) is 27.1 Å². The molecule has 1 aromatic carbocycles. The Morgan fingerprint density at radius 3 is 2.59 bits per heavy atom. The first kappa shape index (κ1) is 21.7. The van der Waals surface area contributed by atoms with Crippen LogP contribution in [0.3, 0.4) is 0 Å². The van der Waals surface area contributed by atoms with Crippen molar-refractivity contribution >= 4 is 15.9 Å². The van der Waals surface area contributed by atoms with Crippen LogP contribution in [0.25, 0.3) is 0 Å². The Hall–Kier alpha value is -1.64. The van der Waals surface area contributed by atoms with Gasteiger partial charge in [0.25, 0.3) is 0 Å². The number of sulfonamides is 1. The molecule has 1 aromatic rings. The summed E-state index contributed by atoms with van der Waals surface area (Å²) in [6.45, 7) is 4.03. The Labute approximate surface area is 162 Å². The van der Waals surface area contributed by atoms with E-state index < -0.39 is 10.0 Å². The summed E-state index contributed by atoms with van der Waals surface area (Å²) in [5.74, 6) is 0.564. The Morgan fingerprint density at radius 1 is 1.26 bits per heavy atom. The number of hydrogen-bond acceptors (Lipinski definition) is 5. The third-order valence-electron chi connectivity index (χ3n) is 4.82. The van der Waals surface area contributed by atoms with Crippen molar-refractivity contribution in [3.05, 3.63) is 23.8 Å². The average molecular weight is 398 g/mol. The van der Waals surface area contributed by atoms with Crippen LogP contribution in [0.2, 0.25) is 0 Å². The summed E-state index contributed by atoms with van der Waals surface area (Å²) in [5, 5.41) is 2.94. The number of carbonyl (C=O) groups is 1. The van der Waals surface area contributed by atoms with Gasteiger partial charge in [-0.2, -0.15) is 0 Å². The van der Waals surface area contributed by atoms with Gasteiger partial charge in [-0.05, 0) is 69.1 Å². The van der Waals surface area contributed by atoms with Gasteiger partial charge < -0.3 is 15.0 Å². The molecule has 0 aromatic heterocycles. The molecule has 1 aliphatic rings. The normalized spacial score (nSPS) is 15.3. The van der Waals surface area contributed by atoms with E-state index in [9.17, 15) is 13.2 Å². The number of methoxy groups -OCH3 is 1. The fraction of sp³-hybridized carbons (Fsp3) is 0.632. The lowest BCUT2D eigenvalue weighted by atomic mass is 10.1.